The lowest BCUT2D eigenvalue weighted by Crippen LogP contribution is -2.50. The number of carbonyl (C=O) groups excluding carboxylic acids is 3. The van der Waals surface area contributed by atoms with Crippen LogP contribution >= 0.6 is 0 Å². The molecule has 0 aliphatic carbocycles. The summed E-state index contributed by atoms with van der Waals surface area (Å²) >= 11 is 0. The number of benzene rings is 2. The van der Waals surface area contributed by atoms with Crippen LogP contribution < -0.4 is 16.1 Å². The molecule has 1 unspecified atom stereocenters. The number of amides is 3. The molecular formula is C32H42N4O4. The molecule has 2 atom stereocenters. The van der Waals surface area contributed by atoms with Crippen molar-refractivity contribution in [3.8, 4) is 0 Å². The van der Waals surface area contributed by atoms with Gasteiger partial charge >= 0.3 is 0 Å². The third-order valence-electron chi connectivity index (χ3n) is 7.38. The molecule has 4 rings (SSSR count). The zero-order chi connectivity index (χ0) is 28.3. The van der Waals surface area contributed by atoms with Crippen molar-refractivity contribution in [2.45, 2.75) is 78.0 Å². The quantitative estimate of drug-likeness (QED) is 0.340. The lowest BCUT2D eigenvalue weighted by molar-refractivity contribution is -0.139. The average molecular weight is 547 g/mol. The summed E-state index contributed by atoms with van der Waals surface area (Å²) in [5.74, 6) is -1.23. The maximum absolute atomic E-state index is 13.6. The number of carbonyl (C=O) groups is 3. The molecule has 2 heterocycles. The maximum atomic E-state index is 13.6. The molecule has 3 N–H and O–H groups in total. The van der Waals surface area contributed by atoms with Crippen LogP contribution in [0.25, 0.3) is 10.9 Å². The van der Waals surface area contributed by atoms with E-state index in [4.69, 9.17) is 4.84 Å². The lowest BCUT2D eigenvalue weighted by Gasteiger charge is -2.23. The van der Waals surface area contributed by atoms with Crippen molar-refractivity contribution in [3.63, 3.8) is 0 Å². The molecule has 8 heteroatoms. The number of nitrogens with zero attached hydrogens (tertiary/aromatic N) is 1. The van der Waals surface area contributed by atoms with Gasteiger partial charge in [-0.05, 0) is 42.4 Å². The number of hydrogen-bond donors (Lipinski definition) is 3. The van der Waals surface area contributed by atoms with E-state index in [1.54, 1.807) is 0 Å². The molecule has 3 amide bonds. The number of nitrogens with one attached hydrogen (secondary N) is 3. The number of aromatic nitrogens is 1. The van der Waals surface area contributed by atoms with Crippen molar-refractivity contribution < 1.29 is 19.2 Å². The molecule has 8 nitrogen and oxygen atoms in total. The fraction of sp³-hybridized carbons (Fsp3) is 0.469. The Kier molecular flexibility index (Phi) is 10.7. The number of hydrogen-bond acceptors (Lipinski definition) is 4. The van der Waals surface area contributed by atoms with Gasteiger partial charge < -0.3 is 15.2 Å². The third-order valence-corrected chi connectivity index (χ3v) is 7.38. The van der Waals surface area contributed by atoms with E-state index in [9.17, 15) is 14.4 Å². The van der Waals surface area contributed by atoms with Gasteiger partial charge in [-0.2, -0.15) is 0 Å². The lowest BCUT2D eigenvalue weighted by atomic mass is 9.92. The van der Waals surface area contributed by atoms with Crippen LogP contribution in [-0.2, 0) is 38.8 Å². The molecule has 214 valence electrons. The maximum Gasteiger partial charge on any atom is 0.244 e. The molecular weight excluding hydrogens is 504 g/mol. The number of hydroxylamine groups is 1. The van der Waals surface area contributed by atoms with Gasteiger partial charge in [-0.15, -0.1) is 0 Å². The molecule has 2 bridgehead atoms. The van der Waals surface area contributed by atoms with E-state index in [-0.39, 0.29) is 36.7 Å². The van der Waals surface area contributed by atoms with E-state index in [1.165, 1.54) is 0 Å². The summed E-state index contributed by atoms with van der Waals surface area (Å²) in [6.45, 7) is 5.79. The first-order valence-electron chi connectivity index (χ1n) is 14.5. The Bertz CT molecular complexity index is 1270. The molecule has 0 radical (unpaired) electrons. The van der Waals surface area contributed by atoms with E-state index >= 15 is 0 Å². The largest absolute Gasteiger partial charge is 0.354 e. The number of para-hydroxylation sites is 1. The molecule has 1 aliphatic heterocycles. The Labute approximate surface area is 236 Å². The second kappa shape index (κ2) is 14.7. The van der Waals surface area contributed by atoms with Gasteiger partial charge in [0, 0.05) is 48.9 Å². The van der Waals surface area contributed by atoms with Crippen molar-refractivity contribution in [2.75, 3.05) is 6.54 Å². The normalized spacial score (nSPS) is 17.3. The van der Waals surface area contributed by atoms with Gasteiger partial charge in [0.15, 0.2) is 0 Å². The Morgan fingerprint density at radius 1 is 1.02 bits per heavy atom. The first-order chi connectivity index (χ1) is 19.4. The zero-order valence-electron chi connectivity index (χ0n) is 23.7. The van der Waals surface area contributed by atoms with Gasteiger partial charge in [0.05, 0.1) is 6.61 Å². The Hall–Kier alpha value is -3.65. The highest BCUT2D eigenvalue weighted by molar-refractivity contribution is 5.92. The number of rotatable bonds is 9. The summed E-state index contributed by atoms with van der Waals surface area (Å²) in [6, 6.07) is 17.0. The van der Waals surface area contributed by atoms with Gasteiger partial charge in [-0.3, -0.25) is 19.2 Å². The summed E-state index contributed by atoms with van der Waals surface area (Å²) in [5.41, 5.74) is 5.58. The Morgan fingerprint density at radius 3 is 2.58 bits per heavy atom. The van der Waals surface area contributed by atoms with Crippen LogP contribution in [0.5, 0.6) is 0 Å². The topological polar surface area (TPSA) is 101 Å². The minimum absolute atomic E-state index is 0.0214. The number of aryl methyl sites for hydroxylation is 1. The van der Waals surface area contributed by atoms with Crippen LogP contribution in [0.15, 0.2) is 60.8 Å². The summed E-state index contributed by atoms with van der Waals surface area (Å²) in [5, 5.41) is 7.14. The first-order valence-corrected chi connectivity index (χ1v) is 14.5. The fourth-order valence-corrected chi connectivity index (χ4v) is 5.38. The highest BCUT2D eigenvalue weighted by Crippen LogP contribution is 2.24. The average Bonchev–Trinajstić information content (AvgIpc) is 3.29. The van der Waals surface area contributed by atoms with Gasteiger partial charge in [0.1, 0.15) is 6.04 Å². The summed E-state index contributed by atoms with van der Waals surface area (Å²) in [4.78, 5) is 45.0. The van der Waals surface area contributed by atoms with Crippen molar-refractivity contribution in [3.05, 3.63) is 71.9 Å². The van der Waals surface area contributed by atoms with Crippen LogP contribution in [-0.4, -0.2) is 34.9 Å². The van der Waals surface area contributed by atoms with E-state index in [1.807, 2.05) is 56.3 Å². The van der Waals surface area contributed by atoms with Crippen molar-refractivity contribution in [2.24, 2.45) is 11.8 Å². The van der Waals surface area contributed by atoms with Crippen LogP contribution in [0.4, 0.5) is 0 Å². The summed E-state index contributed by atoms with van der Waals surface area (Å²) in [7, 11) is 0. The van der Waals surface area contributed by atoms with E-state index in [0.29, 0.717) is 19.4 Å². The second-order valence-corrected chi connectivity index (χ2v) is 11.2. The van der Waals surface area contributed by atoms with Crippen LogP contribution in [0.3, 0.4) is 0 Å². The predicted molar refractivity (Wildman–Crippen MR) is 156 cm³/mol. The minimum Gasteiger partial charge on any atom is -0.354 e. The van der Waals surface area contributed by atoms with Gasteiger partial charge in [0.2, 0.25) is 17.7 Å². The third kappa shape index (κ3) is 8.42. The highest BCUT2D eigenvalue weighted by Gasteiger charge is 2.29. The molecule has 40 heavy (non-hydrogen) atoms. The summed E-state index contributed by atoms with van der Waals surface area (Å²) < 4.78 is 2.26. The van der Waals surface area contributed by atoms with E-state index < -0.39 is 12.0 Å². The van der Waals surface area contributed by atoms with Gasteiger partial charge in [-0.1, -0.05) is 75.2 Å². The van der Waals surface area contributed by atoms with Crippen LogP contribution in [0.1, 0.15) is 63.5 Å². The fourth-order valence-electron chi connectivity index (χ4n) is 5.38. The SMILES string of the molecule is CC(C)C[C@H](CC(=O)NOCc1ccccc1)C(=O)NC1Cc2cn(c3ccccc23)CCCCCCNC1=O. The summed E-state index contributed by atoms with van der Waals surface area (Å²) in [6.07, 6.45) is 7.14. The number of fused-ring (bicyclic) bond motifs is 5. The molecule has 1 aliphatic rings. The molecule has 0 fully saturated rings. The highest BCUT2D eigenvalue weighted by atomic mass is 16.6. The monoisotopic (exact) mass is 546 g/mol. The van der Waals surface area contributed by atoms with Gasteiger partial charge in [-0.25, -0.2) is 5.48 Å². The molecule has 0 saturated heterocycles. The standard InChI is InChI=1S/C32H42N4O4/c1-23(2)18-25(20-30(37)35-40-22-24-12-6-5-7-13-24)31(38)34-28-19-26-21-36(29-15-9-8-14-27(26)29)17-11-4-3-10-16-33-32(28)39/h5-9,12-15,21,23,25,28H,3-4,10-11,16-20,22H2,1-2H3,(H,33,39)(H,34,38)(H,35,37)/t25-,28?/m1/s1. The first kappa shape index (κ1) is 29.3. The molecule has 0 saturated carbocycles. The molecule has 2 aromatic carbocycles. The van der Waals surface area contributed by atoms with Gasteiger partial charge in [0.25, 0.3) is 0 Å². The zero-order valence-corrected chi connectivity index (χ0v) is 23.7. The van der Waals surface area contributed by atoms with Crippen LogP contribution in [0.2, 0.25) is 0 Å². The smallest absolute Gasteiger partial charge is 0.244 e. The molecule has 0 spiro atoms. The second-order valence-electron chi connectivity index (χ2n) is 11.2. The molecule has 3 aromatic rings. The Morgan fingerprint density at radius 2 is 1.77 bits per heavy atom. The predicted octanol–water partition coefficient (Wildman–Crippen LogP) is 4.66. The van der Waals surface area contributed by atoms with E-state index in [2.05, 4.69) is 39.0 Å². The van der Waals surface area contributed by atoms with E-state index in [0.717, 1.165) is 54.3 Å². The molecule has 1 aromatic heterocycles. The van der Waals surface area contributed by atoms with Crippen LogP contribution in [0, 0.1) is 11.8 Å². The Balaban J connectivity index is 1.46. The van der Waals surface area contributed by atoms with Crippen molar-refractivity contribution in [1.82, 2.24) is 20.7 Å². The minimum atomic E-state index is -0.737. The van der Waals surface area contributed by atoms with Crippen molar-refractivity contribution >= 4 is 28.6 Å². The van der Waals surface area contributed by atoms with Crippen molar-refractivity contribution in [1.29, 1.82) is 0 Å².